The van der Waals surface area contributed by atoms with Crippen molar-refractivity contribution in [2.75, 3.05) is 6.54 Å². The Labute approximate surface area is 73.2 Å². The van der Waals surface area contributed by atoms with Crippen molar-refractivity contribution in [2.24, 2.45) is 0 Å². The van der Waals surface area contributed by atoms with Crippen molar-refractivity contribution in [2.45, 2.75) is 39.2 Å². The number of rotatable bonds is 0. The molecule has 0 saturated carbocycles. The maximum Gasteiger partial charge on any atom is 0.227 e. The zero-order valence-corrected chi connectivity index (χ0v) is 7.76. The van der Waals surface area contributed by atoms with Crippen LogP contribution in [0.3, 0.4) is 0 Å². The van der Waals surface area contributed by atoms with Crippen molar-refractivity contribution in [3.63, 3.8) is 0 Å². The highest BCUT2D eigenvalue weighted by molar-refractivity contribution is 5.84. The Hall–Kier alpha value is -0.790. The fraction of sp³-hybridized carbons (Fsp3) is 0.700. The number of hydrogen-bond acceptors (Lipinski definition) is 1. The minimum absolute atomic E-state index is 0.341. The van der Waals surface area contributed by atoms with Gasteiger partial charge in [-0.15, -0.1) is 0 Å². The number of carbonyl (C=O) groups is 1. The maximum absolute atomic E-state index is 11.5. The van der Waals surface area contributed by atoms with Gasteiger partial charge in [-0.25, -0.2) is 0 Å². The summed E-state index contributed by atoms with van der Waals surface area (Å²) in [5.41, 5.74) is 2.73. The minimum atomic E-state index is 0.341. The minimum Gasteiger partial charge on any atom is -0.336 e. The summed E-state index contributed by atoms with van der Waals surface area (Å²) in [5.74, 6) is 0.341. The summed E-state index contributed by atoms with van der Waals surface area (Å²) in [7, 11) is 0. The summed E-state index contributed by atoms with van der Waals surface area (Å²) in [4.78, 5) is 13.5. The fourth-order valence-electron chi connectivity index (χ4n) is 2.32. The molecule has 0 radical (unpaired) electrons. The fourth-order valence-corrected chi connectivity index (χ4v) is 2.32. The van der Waals surface area contributed by atoms with Gasteiger partial charge in [-0.05, 0) is 32.3 Å². The zero-order chi connectivity index (χ0) is 8.72. The summed E-state index contributed by atoms with van der Waals surface area (Å²) < 4.78 is 0. The van der Waals surface area contributed by atoms with Crippen LogP contribution in [0.15, 0.2) is 11.1 Å². The lowest BCUT2D eigenvalue weighted by molar-refractivity contribution is -0.127. The third kappa shape index (κ3) is 0.977. The molecule has 0 aromatic rings. The van der Waals surface area contributed by atoms with E-state index in [9.17, 15) is 4.79 Å². The molecular formula is C10H15NO. The van der Waals surface area contributed by atoms with E-state index in [1.54, 1.807) is 0 Å². The first-order valence-corrected chi connectivity index (χ1v) is 4.66. The highest BCUT2D eigenvalue weighted by Gasteiger charge is 2.38. The van der Waals surface area contributed by atoms with E-state index in [1.165, 1.54) is 24.0 Å². The molecule has 2 heteroatoms. The molecular weight excluding hydrogens is 150 g/mol. The van der Waals surface area contributed by atoms with Crippen molar-refractivity contribution >= 4 is 5.91 Å². The number of amides is 1. The van der Waals surface area contributed by atoms with Crippen molar-refractivity contribution in [3.8, 4) is 0 Å². The van der Waals surface area contributed by atoms with Crippen molar-refractivity contribution < 1.29 is 4.79 Å². The molecule has 66 valence electrons. The molecule has 0 spiro atoms. The number of nitrogens with zero attached hydrogens (tertiary/aromatic N) is 1. The Kier molecular flexibility index (Phi) is 1.71. The predicted molar refractivity (Wildman–Crippen MR) is 47.7 cm³/mol. The molecule has 2 fully saturated rings. The van der Waals surface area contributed by atoms with Gasteiger partial charge in [0.05, 0.1) is 12.5 Å². The third-order valence-electron chi connectivity index (χ3n) is 2.96. The average Bonchev–Trinajstić information content (AvgIpc) is 2.53. The number of allylic oxidation sites excluding steroid dienone is 1. The maximum atomic E-state index is 11.5. The lowest BCUT2D eigenvalue weighted by atomic mass is 10.0. The van der Waals surface area contributed by atoms with Crippen LogP contribution in [0.5, 0.6) is 0 Å². The van der Waals surface area contributed by atoms with Crippen LogP contribution in [-0.2, 0) is 4.79 Å². The van der Waals surface area contributed by atoms with Crippen LogP contribution >= 0.6 is 0 Å². The Morgan fingerprint density at radius 3 is 2.92 bits per heavy atom. The lowest BCUT2D eigenvalue weighted by Crippen LogP contribution is -2.27. The third-order valence-corrected chi connectivity index (χ3v) is 2.96. The molecule has 2 nitrogen and oxygen atoms in total. The second kappa shape index (κ2) is 2.61. The van der Waals surface area contributed by atoms with Crippen LogP contribution in [0, 0.1) is 0 Å². The summed E-state index contributed by atoms with van der Waals surface area (Å²) in [6, 6.07) is 0.475. The van der Waals surface area contributed by atoms with E-state index in [4.69, 9.17) is 0 Å². The normalized spacial score (nSPS) is 28.2. The van der Waals surface area contributed by atoms with Gasteiger partial charge in [0.15, 0.2) is 0 Å². The van der Waals surface area contributed by atoms with E-state index in [1.807, 2.05) is 4.90 Å². The first kappa shape index (κ1) is 7.84. The van der Waals surface area contributed by atoms with Gasteiger partial charge in [0.2, 0.25) is 5.91 Å². The van der Waals surface area contributed by atoms with Crippen LogP contribution < -0.4 is 0 Å². The van der Waals surface area contributed by atoms with Crippen LogP contribution in [0.2, 0.25) is 0 Å². The van der Waals surface area contributed by atoms with Crippen LogP contribution in [0.25, 0.3) is 0 Å². The van der Waals surface area contributed by atoms with Gasteiger partial charge in [0.25, 0.3) is 0 Å². The summed E-state index contributed by atoms with van der Waals surface area (Å²) >= 11 is 0. The summed E-state index contributed by atoms with van der Waals surface area (Å²) in [6.07, 6.45) is 3.06. The molecule has 12 heavy (non-hydrogen) atoms. The highest BCUT2D eigenvalue weighted by atomic mass is 16.2. The molecule has 1 unspecified atom stereocenters. The van der Waals surface area contributed by atoms with Gasteiger partial charge in [0.1, 0.15) is 0 Å². The molecule has 0 N–H and O–H groups in total. The monoisotopic (exact) mass is 165 g/mol. The molecule has 2 rings (SSSR count). The first-order valence-electron chi connectivity index (χ1n) is 4.66. The molecule has 0 aromatic heterocycles. The molecule has 0 aromatic carbocycles. The number of fused-ring (bicyclic) bond motifs is 1. The van der Waals surface area contributed by atoms with Crippen molar-refractivity contribution in [1.29, 1.82) is 0 Å². The molecule has 0 aliphatic carbocycles. The molecule has 2 saturated heterocycles. The van der Waals surface area contributed by atoms with Gasteiger partial charge >= 0.3 is 0 Å². The Morgan fingerprint density at radius 2 is 2.25 bits per heavy atom. The summed E-state index contributed by atoms with van der Waals surface area (Å²) in [6.45, 7) is 5.22. The van der Waals surface area contributed by atoms with Crippen molar-refractivity contribution in [1.82, 2.24) is 4.90 Å². The molecule has 1 amide bonds. The Bertz CT molecular complexity index is 251. The van der Waals surface area contributed by atoms with E-state index in [0.29, 0.717) is 18.4 Å². The quantitative estimate of drug-likeness (QED) is 0.500. The summed E-state index contributed by atoms with van der Waals surface area (Å²) in [5, 5.41) is 0. The van der Waals surface area contributed by atoms with Crippen LogP contribution in [-0.4, -0.2) is 23.4 Å². The molecule has 0 bridgehead atoms. The zero-order valence-electron chi connectivity index (χ0n) is 7.76. The van der Waals surface area contributed by atoms with Crippen molar-refractivity contribution in [3.05, 3.63) is 11.1 Å². The SMILES string of the molecule is CC(C)=C1CC(=O)N2CCCC12. The van der Waals surface area contributed by atoms with Gasteiger partial charge < -0.3 is 4.90 Å². The number of hydrogen-bond donors (Lipinski definition) is 0. The van der Waals surface area contributed by atoms with E-state index in [0.717, 1.165) is 6.54 Å². The standard InChI is InChI=1S/C10H15NO/c1-7(2)8-6-10(12)11-5-3-4-9(8)11/h9H,3-6H2,1-2H3. The Morgan fingerprint density at radius 1 is 1.50 bits per heavy atom. The van der Waals surface area contributed by atoms with E-state index >= 15 is 0 Å². The predicted octanol–water partition coefficient (Wildman–Crippen LogP) is 1.72. The highest BCUT2D eigenvalue weighted by Crippen LogP contribution is 2.34. The number of carbonyl (C=O) groups excluding carboxylic acids is 1. The van der Waals surface area contributed by atoms with Crippen LogP contribution in [0.1, 0.15) is 33.1 Å². The van der Waals surface area contributed by atoms with Gasteiger partial charge in [-0.2, -0.15) is 0 Å². The van der Waals surface area contributed by atoms with E-state index in [2.05, 4.69) is 13.8 Å². The van der Waals surface area contributed by atoms with Gasteiger partial charge in [-0.1, -0.05) is 5.57 Å². The van der Waals surface area contributed by atoms with Gasteiger partial charge in [-0.3, -0.25) is 4.79 Å². The Balaban J connectivity index is 2.32. The largest absolute Gasteiger partial charge is 0.336 e. The smallest absolute Gasteiger partial charge is 0.227 e. The molecule has 2 heterocycles. The first-order chi connectivity index (χ1) is 5.70. The van der Waals surface area contributed by atoms with Crippen LogP contribution in [0.4, 0.5) is 0 Å². The molecule has 2 aliphatic rings. The average molecular weight is 165 g/mol. The molecule has 2 aliphatic heterocycles. The van der Waals surface area contributed by atoms with E-state index in [-0.39, 0.29) is 0 Å². The van der Waals surface area contributed by atoms with Gasteiger partial charge in [0, 0.05) is 6.54 Å². The van der Waals surface area contributed by atoms with E-state index < -0.39 is 0 Å². The lowest BCUT2D eigenvalue weighted by Gasteiger charge is -2.15. The topological polar surface area (TPSA) is 20.3 Å². The second-order valence-electron chi connectivity index (χ2n) is 3.95. The molecule has 1 atom stereocenters. The second-order valence-corrected chi connectivity index (χ2v) is 3.95.